The van der Waals surface area contributed by atoms with E-state index in [1.807, 2.05) is 78.9 Å². The van der Waals surface area contributed by atoms with Crippen LogP contribution in [0.2, 0.25) is 0 Å². The molecule has 116 valence electrons. The number of aromatic nitrogens is 2. The normalized spacial score (nSPS) is 10.8. The van der Waals surface area contributed by atoms with Gasteiger partial charge in [-0.25, -0.2) is 0 Å². The second-order valence-electron chi connectivity index (χ2n) is 5.53. The first kappa shape index (κ1) is 14.2. The van der Waals surface area contributed by atoms with Crippen molar-refractivity contribution in [3.8, 4) is 11.1 Å². The van der Waals surface area contributed by atoms with Crippen LogP contribution < -0.4 is 5.73 Å². The van der Waals surface area contributed by atoms with Crippen LogP contribution in [0.4, 0.5) is 5.82 Å². The van der Waals surface area contributed by atoms with Gasteiger partial charge in [-0.05, 0) is 29.3 Å². The highest BCUT2D eigenvalue weighted by molar-refractivity contribution is 6.07. The molecule has 0 aliphatic carbocycles. The van der Waals surface area contributed by atoms with Crippen LogP contribution in [0.25, 0.3) is 22.0 Å². The lowest BCUT2D eigenvalue weighted by molar-refractivity contribution is 0.0951. The van der Waals surface area contributed by atoms with Crippen molar-refractivity contribution in [2.75, 3.05) is 5.73 Å². The monoisotopic (exact) mass is 313 g/mol. The minimum atomic E-state index is -0.192. The predicted octanol–water partition coefficient (Wildman–Crippen LogP) is 3.97. The Morgan fingerprint density at radius 1 is 0.833 bits per heavy atom. The lowest BCUT2D eigenvalue weighted by Gasteiger charge is -2.09. The lowest BCUT2D eigenvalue weighted by Crippen LogP contribution is -2.14. The fourth-order valence-electron chi connectivity index (χ4n) is 2.90. The first-order chi connectivity index (χ1) is 11.8. The van der Waals surface area contributed by atoms with Crippen molar-refractivity contribution in [2.24, 2.45) is 0 Å². The first-order valence-corrected chi connectivity index (χ1v) is 7.68. The Morgan fingerprint density at radius 3 is 2.33 bits per heavy atom. The van der Waals surface area contributed by atoms with Crippen LogP contribution in [0.1, 0.15) is 10.4 Å². The predicted molar refractivity (Wildman–Crippen MR) is 95.8 cm³/mol. The van der Waals surface area contributed by atoms with Gasteiger partial charge in [0.05, 0.1) is 5.52 Å². The SMILES string of the molecule is Nc1nn(C(=O)c2ccccc2-c2ccccc2)c2ccccc12. The van der Waals surface area contributed by atoms with Crippen LogP contribution in [-0.4, -0.2) is 15.7 Å². The minimum absolute atomic E-state index is 0.192. The van der Waals surface area contributed by atoms with E-state index in [0.29, 0.717) is 16.9 Å². The summed E-state index contributed by atoms with van der Waals surface area (Å²) >= 11 is 0. The smallest absolute Gasteiger partial charge is 0.279 e. The van der Waals surface area contributed by atoms with E-state index in [9.17, 15) is 4.79 Å². The molecule has 4 rings (SSSR count). The van der Waals surface area contributed by atoms with Gasteiger partial charge in [0.15, 0.2) is 5.82 Å². The standard InChI is InChI=1S/C20H15N3O/c21-19-17-12-6-7-13-18(17)23(22-19)20(24)16-11-5-4-10-15(16)14-8-2-1-3-9-14/h1-13H,(H2,21,22). The molecule has 0 fully saturated rings. The van der Waals surface area contributed by atoms with Gasteiger partial charge < -0.3 is 5.73 Å². The lowest BCUT2D eigenvalue weighted by atomic mass is 9.99. The number of nitrogen functional groups attached to an aromatic ring is 1. The van der Waals surface area contributed by atoms with Gasteiger partial charge in [-0.15, -0.1) is 5.10 Å². The first-order valence-electron chi connectivity index (χ1n) is 7.68. The van der Waals surface area contributed by atoms with Crippen LogP contribution in [-0.2, 0) is 0 Å². The number of carbonyl (C=O) groups is 1. The Morgan fingerprint density at radius 2 is 1.50 bits per heavy atom. The second kappa shape index (κ2) is 5.66. The van der Waals surface area contributed by atoms with E-state index in [0.717, 1.165) is 16.5 Å². The largest absolute Gasteiger partial charge is 0.382 e. The molecule has 4 nitrogen and oxygen atoms in total. The summed E-state index contributed by atoms with van der Waals surface area (Å²) in [5.41, 5.74) is 9.13. The number of benzene rings is 3. The molecule has 0 radical (unpaired) electrons. The Hall–Kier alpha value is -3.40. The van der Waals surface area contributed by atoms with E-state index < -0.39 is 0 Å². The fourth-order valence-corrected chi connectivity index (χ4v) is 2.90. The van der Waals surface area contributed by atoms with Gasteiger partial charge >= 0.3 is 0 Å². The van der Waals surface area contributed by atoms with Gasteiger partial charge in [0.1, 0.15) is 0 Å². The van der Waals surface area contributed by atoms with Crippen molar-refractivity contribution in [2.45, 2.75) is 0 Å². The Bertz CT molecular complexity index is 1040. The summed E-state index contributed by atoms with van der Waals surface area (Å²) in [6, 6.07) is 24.8. The zero-order valence-corrected chi connectivity index (χ0v) is 12.9. The number of nitrogens with two attached hydrogens (primary N) is 1. The molecule has 3 aromatic carbocycles. The van der Waals surface area contributed by atoms with E-state index in [1.165, 1.54) is 4.68 Å². The van der Waals surface area contributed by atoms with E-state index in [4.69, 9.17) is 5.73 Å². The number of hydrogen-bond donors (Lipinski definition) is 1. The Kier molecular flexibility index (Phi) is 3.35. The molecular weight excluding hydrogens is 298 g/mol. The van der Waals surface area contributed by atoms with Gasteiger partial charge in [-0.3, -0.25) is 4.79 Å². The molecule has 4 aromatic rings. The van der Waals surface area contributed by atoms with Crippen LogP contribution in [0.15, 0.2) is 78.9 Å². The van der Waals surface area contributed by atoms with Gasteiger partial charge in [-0.2, -0.15) is 4.68 Å². The van der Waals surface area contributed by atoms with Gasteiger partial charge in [0, 0.05) is 10.9 Å². The molecule has 0 unspecified atom stereocenters. The highest BCUT2D eigenvalue weighted by atomic mass is 16.2. The maximum Gasteiger partial charge on any atom is 0.279 e. The number of anilines is 1. The molecular formula is C20H15N3O. The maximum absolute atomic E-state index is 13.1. The molecule has 0 aliphatic rings. The van der Waals surface area contributed by atoms with Crippen molar-refractivity contribution in [1.29, 1.82) is 0 Å². The van der Waals surface area contributed by atoms with Crippen LogP contribution in [0.5, 0.6) is 0 Å². The third-order valence-corrected chi connectivity index (χ3v) is 4.05. The molecule has 0 aliphatic heterocycles. The van der Waals surface area contributed by atoms with Crippen molar-refractivity contribution in [3.63, 3.8) is 0 Å². The maximum atomic E-state index is 13.1. The number of para-hydroxylation sites is 1. The molecule has 1 heterocycles. The van der Waals surface area contributed by atoms with Crippen LogP contribution in [0, 0.1) is 0 Å². The quantitative estimate of drug-likeness (QED) is 0.609. The number of nitrogens with zero attached hydrogens (tertiary/aromatic N) is 2. The van der Waals surface area contributed by atoms with Gasteiger partial charge in [0.25, 0.3) is 5.91 Å². The van der Waals surface area contributed by atoms with Crippen molar-refractivity contribution < 1.29 is 4.79 Å². The number of rotatable bonds is 2. The summed E-state index contributed by atoms with van der Waals surface area (Å²) in [4.78, 5) is 13.1. The molecule has 1 aromatic heterocycles. The molecule has 0 atom stereocenters. The molecule has 0 saturated heterocycles. The van der Waals surface area contributed by atoms with E-state index in [-0.39, 0.29) is 5.91 Å². The minimum Gasteiger partial charge on any atom is -0.382 e. The highest BCUT2D eigenvalue weighted by Crippen LogP contribution is 2.26. The molecule has 0 bridgehead atoms. The summed E-state index contributed by atoms with van der Waals surface area (Å²) in [6.07, 6.45) is 0. The van der Waals surface area contributed by atoms with Gasteiger partial charge in [-0.1, -0.05) is 60.7 Å². The second-order valence-corrected chi connectivity index (χ2v) is 5.53. The zero-order chi connectivity index (χ0) is 16.5. The average molecular weight is 313 g/mol. The molecule has 0 saturated carbocycles. The van der Waals surface area contributed by atoms with Gasteiger partial charge in [0.2, 0.25) is 0 Å². The van der Waals surface area contributed by atoms with Crippen molar-refractivity contribution in [3.05, 3.63) is 84.4 Å². The molecule has 0 spiro atoms. The van der Waals surface area contributed by atoms with Crippen LogP contribution in [0.3, 0.4) is 0 Å². The summed E-state index contributed by atoms with van der Waals surface area (Å²) in [6.45, 7) is 0. The van der Waals surface area contributed by atoms with E-state index in [1.54, 1.807) is 0 Å². The fraction of sp³-hybridized carbons (Fsp3) is 0. The third-order valence-electron chi connectivity index (χ3n) is 4.05. The van der Waals surface area contributed by atoms with Crippen molar-refractivity contribution >= 4 is 22.6 Å². The summed E-state index contributed by atoms with van der Waals surface area (Å²) in [7, 11) is 0. The zero-order valence-electron chi connectivity index (χ0n) is 12.9. The molecule has 24 heavy (non-hydrogen) atoms. The summed E-state index contributed by atoms with van der Waals surface area (Å²) in [5.74, 6) is 0.165. The summed E-state index contributed by atoms with van der Waals surface area (Å²) < 4.78 is 1.38. The Labute approximate surface area is 139 Å². The van der Waals surface area contributed by atoms with Crippen molar-refractivity contribution in [1.82, 2.24) is 9.78 Å². The number of hydrogen-bond acceptors (Lipinski definition) is 3. The van der Waals surface area contributed by atoms with E-state index >= 15 is 0 Å². The van der Waals surface area contributed by atoms with Crippen LogP contribution >= 0.6 is 0 Å². The topological polar surface area (TPSA) is 60.9 Å². The number of carbonyl (C=O) groups excluding carboxylic acids is 1. The molecule has 0 amide bonds. The Balaban J connectivity index is 1.89. The molecule has 4 heteroatoms. The summed E-state index contributed by atoms with van der Waals surface area (Å²) in [5, 5.41) is 5.03. The molecule has 2 N–H and O–H groups in total. The third kappa shape index (κ3) is 2.25. The van der Waals surface area contributed by atoms with E-state index in [2.05, 4.69) is 5.10 Å². The highest BCUT2D eigenvalue weighted by Gasteiger charge is 2.18. The number of fused-ring (bicyclic) bond motifs is 1. The average Bonchev–Trinajstić information content (AvgIpc) is 2.99.